The zero-order valence-electron chi connectivity index (χ0n) is 8.78. The summed E-state index contributed by atoms with van der Waals surface area (Å²) >= 11 is 0. The van der Waals surface area contributed by atoms with Crippen LogP contribution in [0.15, 0.2) is 36.0 Å². The lowest BCUT2D eigenvalue weighted by Gasteiger charge is -2.15. The van der Waals surface area contributed by atoms with Gasteiger partial charge in [0.05, 0.1) is 0 Å². The standard InChI is InChI=1S/C12H20/c1-7-10(5)12(9(3)4)11(6)8-2/h7,9H,1,6,8H2,2-5H3/b12-10-. The van der Waals surface area contributed by atoms with Gasteiger partial charge in [0.2, 0.25) is 0 Å². The van der Waals surface area contributed by atoms with Crippen LogP contribution in [0.2, 0.25) is 0 Å². The van der Waals surface area contributed by atoms with Gasteiger partial charge in [-0.05, 0) is 30.4 Å². The number of hydrogen-bond donors (Lipinski definition) is 0. The molecule has 0 aliphatic rings. The van der Waals surface area contributed by atoms with Crippen LogP contribution in [-0.4, -0.2) is 0 Å². The summed E-state index contributed by atoms with van der Waals surface area (Å²) < 4.78 is 0. The molecule has 0 spiro atoms. The van der Waals surface area contributed by atoms with Gasteiger partial charge < -0.3 is 0 Å². The van der Waals surface area contributed by atoms with Crippen molar-refractivity contribution in [2.45, 2.75) is 34.1 Å². The molecule has 0 saturated carbocycles. The summed E-state index contributed by atoms with van der Waals surface area (Å²) in [6.07, 6.45) is 2.94. The summed E-state index contributed by atoms with van der Waals surface area (Å²) in [5, 5.41) is 0. The van der Waals surface area contributed by atoms with E-state index < -0.39 is 0 Å². The lowest BCUT2D eigenvalue weighted by Crippen LogP contribution is -1.99. The topological polar surface area (TPSA) is 0 Å². The average Bonchev–Trinajstić information content (AvgIpc) is 2.03. The number of hydrogen-bond acceptors (Lipinski definition) is 0. The maximum absolute atomic E-state index is 4.06. The second-order valence-electron chi connectivity index (χ2n) is 3.41. The first kappa shape index (κ1) is 11.2. The Kier molecular flexibility index (Phi) is 4.65. The van der Waals surface area contributed by atoms with Gasteiger partial charge in [-0.3, -0.25) is 0 Å². The predicted molar refractivity (Wildman–Crippen MR) is 57.2 cm³/mol. The molecule has 0 N–H and O–H groups in total. The highest BCUT2D eigenvalue weighted by Gasteiger charge is 2.07. The van der Waals surface area contributed by atoms with E-state index in [1.54, 1.807) is 0 Å². The van der Waals surface area contributed by atoms with E-state index in [0.717, 1.165) is 6.42 Å². The highest BCUT2D eigenvalue weighted by molar-refractivity contribution is 5.37. The van der Waals surface area contributed by atoms with Gasteiger partial charge in [-0.25, -0.2) is 0 Å². The molecule has 0 heteroatoms. The van der Waals surface area contributed by atoms with Crippen LogP contribution in [0.1, 0.15) is 34.1 Å². The highest BCUT2D eigenvalue weighted by atomic mass is 14.1. The molecular weight excluding hydrogens is 144 g/mol. The van der Waals surface area contributed by atoms with E-state index in [2.05, 4.69) is 40.9 Å². The van der Waals surface area contributed by atoms with Gasteiger partial charge in [-0.1, -0.05) is 45.6 Å². The smallest absolute Gasteiger partial charge is 0.0214 e. The third-order valence-corrected chi connectivity index (χ3v) is 2.12. The Morgan fingerprint density at radius 1 is 1.42 bits per heavy atom. The Hall–Kier alpha value is -0.780. The molecule has 0 aliphatic carbocycles. The fraction of sp³-hybridized carbons (Fsp3) is 0.500. The summed E-state index contributed by atoms with van der Waals surface area (Å²) in [7, 11) is 0. The molecule has 0 saturated heterocycles. The van der Waals surface area contributed by atoms with Gasteiger partial charge in [0.25, 0.3) is 0 Å². The van der Waals surface area contributed by atoms with E-state index in [-0.39, 0.29) is 0 Å². The Morgan fingerprint density at radius 3 is 2.17 bits per heavy atom. The summed E-state index contributed by atoms with van der Waals surface area (Å²) in [5.74, 6) is 0.551. The largest absolute Gasteiger partial charge is 0.0988 e. The first-order valence-corrected chi connectivity index (χ1v) is 4.55. The highest BCUT2D eigenvalue weighted by Crippen LogP contribution is 2.24. The Balaban J connectivity index is 4.90. The van der Waals surface area contributed by atoms with Crippen LogP contribution in [0.25, 0.3) is 0 Å². The van der Waals surface area contributed by atoms with Crippen LogP contribution in [0.5, 0.6) is 0 Å². The minimum atomic E-state index is 0.551. The molecule has 0 radical (unpaired) electrons. The minimum absolute atomic E-state index is 0.551. The second-order valence-corrected chi connectivity index (χ2v) is 3.41. The molecule has 0 aromatic rings. The molecular formula is C12H20. The van der Waals surface area contributed by atoms with E-state index in [9.17, 15) is 0 Å². The van der Waals surface area contributed by atoms with E-state index in [1.165, 1.54) is 16.7 Å². The van der Waals surface area contributed by atoms with Crippen molar-refractivity contribution >= 4 is 0 Å². The Morgan fingerprint density at radius 2 is 1.92 bits per heavy atom. The molecule has 0 aliphatic heterocycles. The quantitative estimate of drug-likeness (QED) is 0.548. The lowest BCUT2D eigenvalue weighted by atomic mass is 9.90. The normalized spacial score (nSPS) is 12.8. The van der Waals surface area contributed by atoms with Crippen molar-refractivity contribution in [2.75, 3.05) is 0 Å². The minimum Gasteiger partial charge on any atom is -0.0988 e. The average molecular weight is 164 g/mol. The molecule has 12 heavy (non-hydrogen) atoms. The van der Waals surface area contributed by atoms with Gasteiger partial charge in [-0.15, -0.1) is 0 Å². The second kappa shape index (κ2) is 4.97. The number of rotatable bonds is 4. The summed E-state index contributed by atoms with van der Waals surface area (Å²) in [6, 6.07) is 0. The molecule has 0 unspecified atom stereocenters. The van der Waals surface area contributed by atoms with Gasteiger partial charge in [0.1, 0.15) is 0 Å². The first-order chi connectivity index (χ1) is 5.54. The summed E-state index contributed by atoms with van der Waals surface area (Å²) in [5.41, 5.74) is 3.87. The van der Waals surface area contributed by atoms with Gasteiger partial charge in [-0.2, -0.15) is 0 Å². The van der Waals surface area contributed by atoms with Crippen molar-refractivity contribution in [3.05, 3.63) is 36.0 Å². The molecule has 0 amide bonds. The molecule has 0 atom stereocenters. The van der Waals surface area contributed by atoms with Crippen molar-refractivity contribution in [1.29, 1.82) is 0 Å². The van der Waals surface area contributed by atoms with Crippen molar-refractivity contribution in [3.63, 3.8) is 0 Å². The van der Waals surface area contributed by atoms with Crippen LogP contribution in [0, 0.1) is 5.92 Å². The van der Waals surface area contributed by atoms with E-state index in [4.69, 9.17) is 0 Å². The molecule has 0 nitrogen and oxygen atoms in total. The van der Waals surface area contributed by atoms with Crippen molar-refractivity contribution in [1.82, 2.24) is 0 Å². The zero-order valence-corrected chi connectivity index (χ0v) is 8.78. The van der Waals surface area contributed by atoms with Crippen molar-refractivity contribution in [3.8, 4) is 0 Å². The van der Waals surface area contributed by atoms with E-state index in [0.29, 0.717) is 5.92 Å². The van der Waals surface area contributed by atoms with Crippen LogP contribution in [0.3, 0.4) is 0 Å². The van der Waals surface area contributed by atoms with Crippen molar-refractivity contribution in [2.24, 2.45) is 5.92 Å². The number of allylic oxidation sites excluding steroid dienone is 4. The first-order valence-electron chi connectivity index (χ1n) is 4.55. The molecule has 0 rings (SSSR count). The fourth-order valence-corrected chi connectivity index (χ4v) is 1.44. The molecule has 0 aromatic carbocycles. The third-order valence-electron chi connectivity index (χ3n) is 2.12. The molecule has 0 fully saturated rings. The van der Waals surface area contributed by atoms with Crippen LogP contribution in [0.4, 0.5) is 0 Å². The van der Waals surface area contributed by atoms with Gasteiger partial charge in [0.15, 0.2) is 0 Å². The SMILES string of the molecule is C=C/C(C)=C(\C(=C)CC)C(C)C. The molecule has 68 valence electrons. The van der Waals surface area contributed by atoms with Gasteiger partial charge >= 0.3 is 0 Å². The maximum atomic E-state index is 4.06. The third kappa shape index (κ3) is 2.69. The summed E-state index contributed by atoms with van der Waals surface area (Å²) in [4.78, 5) is 0. The molecule has 0 bridgehead atoms. The fourth-order valence-electron chi connectivity index (χ4n) is 1.44. The Bertz CT molecular complexity index is 204. The maximum Gasteiger partial charge on any atom is -0.0214 e. The monoisotopic (exact) mass is 164 g/mol. The van der Waals surface area contributed by atoms with E-state index in [1.807, 2.05) is 6.08 Å². The Labute approximate surface area is 76.7 Å². The van der Waals surface area contributed by atoms with Crippen LogP contribution >= 0.6 is 0 Å². The van der Waals surface area contributed by atoms with Crippen LogP contribution in [-0.2, 0) is 0 Å². The van der Waals surface area contributed by atoms with Crippen molar-refractivity contribution < 1.29 is 0 Å². The summed E-state index contributed by atoms with van der Waals surface area (Å²) in [6.45, 7) is 16.5. The molecule has 0 aromatic heterocycles. The van der Waals surface area contributed by atoms with Crippen LogP contribution < -0.4 is 0 Å². The molecule has 0 heterocycles. The predicted octanol–water partition coefficient (Wildman–Crippen LogP) is 4.11. The zero-order chi connectivity index (χ0) is 9.72. The van der Waals surface area contributed by atoms with E-state index >= 15 is 0 Å². The van der Waals surface area contributed by atoms with Gasteiger partial charge in [0, 0.05) is 0 Å². The lowest BCUT2D eigenvalue weighted by molar-refractivity contribution is 0.760.